The van der Waals surface area contributed by atoms with Crippen molar-refractivity contribution in [1.29, 1.82) is 0 Å². The Labute approximate surface area is 317 Å². The minimum Gasteiger partial charge on any atom is -0.489 e. The van der Waals surface area contributed by atoms with Gasteiger partial charge in [-0.05, 0) is 19.8 Å². The molecule has 0 aliphatic heterocycles. The van der Waals surface area contributed by atoms with Crippen LogP contribution in [0.3, 0.4) is 0 Å². The van der Waals surface area contributed by atoms with E-state index >= 15 is 0 Å². The summed E-state index contributed by atoms with van der Waals surface area (Å²) >= 11 is 9.13. The van der Waals surface area contributed by atoms with Crippen LogP contribution in [-0.4, -0.2) is 18.2 Å². The lowest BCUT2D eigenvalue weighted by Gasteiger charge is -2.19. The van der Waals surface area contributed by atoms with Gasteiger partial charge in [-0.25, -0.2) is 0 Å². The third-order valence-corrected chi connectivity index (χ3v) is 10.9. The smallest absolute Gasteiger partial charge is 0.183 e. The van der Waals surface area contributed by atoms with Crippen molar-refractivity contribution in [2.75, 3.05) is 13.2 Å². The van der Waals surface area contributed by atoms with Crippen LogP contribution < -0.4 is 9.47 Å². The van der Waals surface area contributed by atoms with Gasteiger partial charge < -0.3 is 9.47 Å². The molecule has 0 fully saturated rings. The second-order valence-corrected chi connectivity index (χ2v) is 15.5. The summed E-state index contributed by atoms with van der Waals surface area (Å²) in [5.74, 6) is 2.84. The van der Waals surface area contributed by atoms with Crippen LogP contribution in [-0.2, 0) is 11.5 Å². The molecule has 5 heteroatoms. The SMILES string of the molecule is CCCCCCCCCCCCCCCCCCOc1c(CS)nc(CS)c(C)c1OCCCCCCCCCCCCCCCCCC. The van der Waals surface area contributed by atoms with E-state index in [9.17, 15) is 0 Å². The van der Waals surface area contributed by atoms with Gasteiger partial charge in [-0.1, -0.05) is 206 Å². The summed E-state index contributed by atoms with van der Waals surface area (Å²) in [6.07, 6.45) is 44.1. The summed E-state index contributed by atoms with van der Waals surface area (Å²) in [6.45, 7) is 8.15. The Hall–Kier alpha value is -0.550. The minimum absolute atomic E-state index is 0.546. The van der Waals surface area contributed by atoms with Crippen molar-refractivity contribution < 1.29 is 9.47 Å². The van der Waals surface area contributed by atoms with Crippen LogP contribution in [0.15, 0.2) is 0 Å². The molecule has 49 heavy (non-hydrogen) atoms. The van der Waals surface area contributed by atoms with E-state index < -0.39 is 0 Å². The summed E-state index contributed by atoms with van der Waals surface area (Å²) in [6, 6.07) is 0. The first-order valence-electron chi connectivity index (χ1n) is 21.7. The zero-order chi connectivity index (χ0) is 35.5. The van der Waals surface area contributed by atoms with Crippen LogP contribution in [0.25, 0.3) is 0 Å². The lowest BCUT2D eigenvalue weighted by Crippen LogP contribution is -2.09. The molecule has 1 rings (SSSR count). The van der Waals surface area contributed by atoms with Gasteiger partial charge in [-0.3, -0.25) is 4.98 Å². The first-order valence-corrected chi connectivity index (χ1v) is 23.0. The zero-order valence-electron chi connectivity index (χ0n) is 33.1. The zero-order valence-corrected chi connectivity index (χ0v) is 34.9. The van der Waals surface area contributed by atoms with Crippen molar-refractivity contribution in [1.82, 2.24) is 4.98 Å². The highest BCUT2D eigenvalue weighted by Crippen LogP contribution is 2.37. The molecule has 3 nitrogen and oxygen atoms in total. The number of aromatic nitrogens is 1. The van der Waals surface area contributed by atoms with Gasteiger partial charge in [0.15, 0.2) is 11.5 Å². The highest BCUT2D eigenvalue weighted by atomic mass is 32.1. The van der Waals surface area contributed by atoms with Crippen LogP contribution in [0.1, 0.15) is 236 Å². The molecule has 0 unspecified atom stereocenters. The number of hydrogen-bond donors (Lipinski definition) is 2. The van der Waals surface area contributed by atoms with E-state index in [2.05, 4.69) is 46.0 Å². The first-order chi connectivity index (χ1) is 24.2. The Bertz CT molecular complexity index is 849. The maximum Gasteiger partial charge on any atom is 0.183 e. The third-order valence-electron chi connectivity index (χ3n) is 10.3. The summed E-state index contributed by atoms with van der Waals surface area (Å²) < 4.78 is 12.8. The summed E-state index contributed by atoms with van der Waals surface area (Å²) in [4.78, 5) is 4.83. The maximum atomic E-state index is 6.42. The Balaban J connectivity index is 2.17. The molecular weight excluding hydrogens is 639 g/mol. The normalized spacial score (nSPS) is 11.4. The average Bonchev–Trinajstić information content (AvgIpc) is 3.11. The van der Waals surface area contributed by atoms with Crippen LogP contribution in [0.5, 0.6) is 11.5 Å². The predicted molar refractivity (Wildman–Crippen MR) is 224 cm³/mol. The van der Waals surface area contributed by atoms with Gasteiger partial charge in [0.25, 0.3) is 0 Å². The number of thiol groups is 2. The fourth-order valence-electron chi connectivity index (χ4n) is 6.96. The molecule has 0 amide bonds. The maximum absolute atomic E-state index is 6.42. The molecule has 1 heterocycles. The van der Waals surface area contributed by atoms with E-state index in [-0.39, 0.29) is 0 Å². The van der Waals surface area contributed by atoms with E-state index in [4.69, 9.17) is 14.5 Å². The molecule has 0 atom stereocenters. The summed E-state index contributed by atoms with van der Waals surface area (Å²) in [5.41, 5.74) is 2.93. The van der Waals surface area contributed by atoms with Crippen LogP contribution in [0, 0.1) is 6.92 Å². The molecule has 0 saturated carbocycles. The highest BCUT2D eigenvalue weighted by molar-refractivity contribution is 7.79. The molecule has 0 aliphatic carbocycles. The molecular formula is C44H83NO2S2. The molecule has 0 bridgehead atoms. The van der Waals surface area contributed by atoms with E-state index in [0.717, 1.165) is 54.5 Å². The van der Waals surface area contributed by atoms with Crippen molar-refractivity contribution in [2.45, 2.75) is 238 Å². The molecule has 1 aromatic rings. The molecule has 0 N–H and O–H groups in total. The van der Waals surface area contributed by atoms with Gasteiger partial charge in [-0.15, -0.1) is 0 Å². The quantitative estimate of drug-likeness (QED) is 0.0526. The molecule has 0 radical (unpaired) electrons. The van der Waals surface area contributed by atoms with E-state index in [1.165, 1.54) is 193 Å². The second kappa shape index (κ2) is 35.8. The number of unbranched alkanes of at least 4 members (excludes halogenated alkanes) is 30. The molecule has 288 valence electrons. The molecule has 0 aliphatic rings. The van der Waals surface area contributed by atoms with Crippen molar-refractivity contribution in [3.8, 4) is 11.5 Å². The summed E-state index contributed by atoms with van der Waals surface area (Å²) in [7, 11) is 0. The number of ether oxygens (including phenoxy) is 2. The van der Waals surface area contributed by atoms with Gasteiger partial charge >= 0.3 is 0 Å². The second-order valence-electron chi connectivity index (χ2n) is 14.9. The van der Waals surface area contributed by atoms with Crippen molar-refractivity contribution in [2.24, 2.45) is 0 Å². The highest BCUT2D eigenvalue weighted by Gasteiger charge is 2.19. The van der Waals surface area contributed by atoms with Gasteiger partial charge in [0, 0.05) is 17.1 Å². The van der Waals surface area contributed by atoms with Crippen molar-refractivity contribution in [3.63, 3.8) is 0 Å². The minimum atomic E-state index is 0.546. The number of pyridine rings is 1. The topological polar surface area (TPSA) is 31.4 Å². The van der Waals surface area contributed by atoms with Gasteiger partial charge in [0.05, 0.1) is 24.6 Å². The van der Waals surface area contributed by atoms with E-state index in [1.807, 2.05) is 0 Å². The Kier molecular flexibility index (Phi) is 34.0. The van der Waals surface area contributed by atoms with Crippen molar-refractivity contribution in [3.05, 3.63) is 17.0 Å². The Morgan fingerprint density at radius 3 is 0.918 bits per heavy atom. The fraction of sp³-hybridized carbons (Fsp3) is 0.886. The Morgan fingerprint density at radius 2 is 0.633 bits per heavy atom. The third kappa shape index (κ3) is 26.0. The summed E-state index contributed by atoms with van der Waals surface area (Å²) in [5, 5.41) is 0. The molecule has 0 spiro atoms. The van der Waals surface area contributed by atoms with Gasteiger partial charge in [0.2, 0.25) is 0 Å². The standard InChI is InChI=1S/C44H83NO2S2/c1-4-6-8-10-12-14-16-18-20-22-24-26-28-30-32-34-36-46-43-40(3)41(38-48)45-42(39-49)44(43)47-37-35-33-31-29-27-25-23-21-19-17-15-13-11-9-7-5-2/h48-49H,4-39H2,1-3H3. The monoisotopic (exact) mass is 722 g/mol. The molecule has 0 saturated heterocycles. The largest absolute Gasteiger partial charge is 0.489 e. The van der Waals surface area contributed by atoms with E-state index in [0.29, 0.717) is 11.5 Å². The van der Waals surface area contributed by atoms with E-state index in [1.54, 1.807) is 0 Å². The lowest BCUT2D eigenvalue weighted by atomic mass is 10.0. The number of rotatable bonds is 38. The van der Waals surface area contributed by atoms with Crippen LogP contribution in [0.2, 0.25) is 0 Å². The van der Waals surface area contributed by atoms with Gasteiger partial charge in [0.1, 0.15) is 0 Å². The molecule has 0 aromatic carbocycles. The predicted octanol–water partition coefficient (Wildman–Crippen LogP) is 15.5. The fourth-order valence-corrected chi connectivity index (χ4v) is 7.48. The van der Waals surface area contributed by atoms with Crippen LogP contribution in [0.4, 0.5) is 0 Å². The number of hydrogen-bond acceptors (Lipinski definition) is 5. The average molecular weight is 722 g/mol. The first kappa shape index (κ1) is 46.5. The van der Waals surface area contributed by atoms with Gasteiger partial charge in [-0.2, -0.15) is 25.3 Å². The molecule has 1 aromatic heterocycles. The van der Waals surface area contributed by atoms with Crippen molar-refractivity contribution >= 4 is 25.3 Å². The number of nitrogens with zero attached hydrogens (tertiary/aromatic N) is 1. The Morgan fingerprint density at radius 1 is 0.367 bits per heavy atom. The lowest BCUT2D eigenvalue weighted by molar-refractivity contribution is 0.254. The van der Waals surface area contributed by atoms with Crippen LogP contribution >= 0.6 is 25.3 Å².